The molecule has 0 bridgehead atoms. The van der Waals surface area contributed by atoms with E-state index >= 15 is 0 Å². The maximum Gasteiger partial charge on any atom is 0.333 e. The lowest BCUT2D eigenvalue weighted by Gasteiger charge is -2.27. The molecule has 0 saturated heterocycles. The van der Waals surface area contributed by atoms with Gasteiger partial charge < -0.3 is 20.3 Å². The first kappa shape index (κ1) is 37.9. The van der Waals surface area contributed by atoms with Crippen LogP contribution in [0.4, 0.5) is 4.39 Å². The fourth-order valence-electron chi connectivity index (χ4n) is 4.35. The van der Waals surface area contributed by atoms with Gasteiger partial charge in [-0.05, 0) is 86.0 Å². The number of carbonyl (C=O) groups is 2. The molecule has 0 fully saturated rings. The predicted molar refractivity (Wildman–Crippen MR) is 182 cm³/mol. The quantitative estimate of drug-likeness (QED) is 0.139. The van der Waals surface area contributed by atoms with Crippen LogP contribution in [0.1, 0.15) is 45.2 Å². The van der Waals surface area contributed by atoms with Gasteiger partial charge in [-0.15, -0.1) is 14.6 Å². The first-order valence-corrected chi connectivity index (χ1v) is 17.6. The Kier molecular flexibility index (Phi) is 14.2. The van der Waals surface area contributed by atoms with E-state index in [4.69, 9.17) is 14.9 Å². The van der Waals surface area contributed by atoms with Crippen molar-refractivity contribution >= 4 is 64.4 Å². The van der Waals surface area contributed by atoms with E-state index < -0.39 is 34.5 Å². The second-order valence-electron chi connectivity index (χ2n) is 10.4. The highest BCUT2D eigenvalue weighted by Gasteiger charge is 2.35. The van der Waals surface area contributed by atoms with E-state index in [9.17, 15) is 23.6 Å². The van der Waals surface area contributed by atoms with Gasteiger partial charge in [-0.3, -0.25) is 19.0 Å². The minimum absolute atomic E-state index is 0.114. The van der Waals surface area contributed by atoms with Crippen molar-refractivity contribution in [3.8, 4) is 10.8 Å². The van der Waals surface area contributed by atoms with Crippen molar-refractivity contribution in [3.05, 3.63) is 68.4 Å². The molecule has 3 heterocycles. The molecule has 17 heteroatoms. The normalized spacial score (nSPS) is 11.0. The molecule has 0 aliphatic rings. The average molecular weight is 779 g/mol. The number of thiol groups is 1. The number of hydrogen-bond donors (Lipinski definition) is 4. The fraction of sp³-hybridized carbons (Fsp3) is 0.429. The zero-order valence-corrected chi connectivity index (χ0v) is 29.4. The molecule has 3 aromatic heterocycles. The molecule has 4 aromatic rings. The molecule has 246 valence electrons. The number of hydrogen-bond acceptors (Lipinski definition) is 10. The second kappa shape index (κ2) is 16.9. The average Bonchev–Trinajstić information content (AvgIpc) is 3.62. The minimum atomic E-state index is -1.48. The van der Waals surface area contributed by atoms with Gasteiger partial charge >= 0.3 is 11.7 Å². The van der Waals surface area contributed by atoms with Crippen molar-refractivity contribution in [1.29, 1.82) is 0 Å². The van der Waals surface area contributed by atoms with Crippen LogP contribution in [-0.2, 0) is 28.1 Å². The highest BCUT2D eigenvalue weighted by molar-refractivity contribution is 14.2. The zero-order valence-electron chi connectivity index (χ0n) is 25.6. The lowest BCUT2D eigenvalue weighted by molar-refractivity contribution is -0.137. The number of benzene rings is 1. The number of carboxylic acid groups (broad SMARTS) is 1. The number of ether oxygens (including phenoxy) is 1. The number of carboxylic acids is 1. The standard InChI is InChI=1S/C25H29FN6O4S.C3H6O3.HIS/c1-14(2)29-23(34)25(4,5)31-20(33)19-15(3)21(32-27-10-11-28-32)37-22(19)30(24(31)35)12-9-16-13-17(26)7-8-18(16)36-6;4-2-1-3(5)6;1-2/h7-8,10-11,13-14H,9,12H2,1-6H3,(H,29,34);4H,1-2H2,(H,5,6);2H. The first-order valence-electron chi connectivity index (χ1n) is 13.5. The minimum Gasteiger partial charge on any atom is -0.496 e. The molecule has 1 aromatic carbocycles. The molecule has 3 N–H and O–H groups in total. The predicted octanol–water partition coefficient (Wildman–Crippen LogP) is 3.48. The number of aliphatic hydroxyl groups excluding tert-OH is 1. The summed E-state index contributed by atoms with van der Waals surface area (Å²) in [6.45, 7) is 8.29. The van der Waals surface area contributed by atoms with Crippen molar-refractivity contribution in [2.75, 3.05) is 13.7 Å². The maximum atomic E-state index is 14.0. The molecule has 0 atom stereocenters. The van der Waals surface area contributed by atoms with E-state index in [1.54, 1.807) is 20.8 Å². The molecule has 0 aliphatic heterocycles. The van der Waals surface area contributed by atoms with Crippen LogP contribution >= 0.6 is 42.3 Å². The summed E-state index contributed by atoms with van der Waals surface area (Å²) >= 11 is 3.05. The SMILES string of the molecule is COc1ccc(F)cc1CCn1c(=O)n(C(C)(C)C(=O)NC(C)C)c(=O)c2c(C)c(-n3nccn3)sc21.O=C(O)CCO.SI. The number of aliphatic hydroxyl groups is 1. The van der Waals surface area contributed by atoms with Gasteiger partial charge in [-0.2, -0.15) is 10.2 Å². The lowest BCUT2D eigenvalue weighted by atomic mass is 10.0. The second-order valence-corrected chi connectivity index (χ2v) is 11.3. The van der Waals surface area contributed by atoms with E-state index in [-0.39, 0.29) is 32.0 Å². The van der Waals surface area contributed by atoms with Crippen LogP contribution in [0.5, 0.6) is 5.75 Å². The van der Waals surface area contributed by atoms with Gasteiger partial charge in [-0.25, -0.2) is 13.8 Å². The monoisotopic (exact) mass is 778 g/mol. The number of halogens is 2. The van der Waals surface area contributed by atoms with Crippen molar-refractivity contribution in [2.45, 2.75) is 65.6 Å². The van der Waals surface area contributed by atoms with Gasteiger partial charge in [0.1, 0.15) is 26.9 Å². The Balaban J connectivity index is 0.000000790. The van der Waals surface area contributed by atoms with Gasteiger partial charge in [-0.1, -0.05) is 11.3 Å². The highest BCUT2D eigenvalue weighted by Crippen LogP contribution is 2.31. The van der Waals surface area contributed by atoms with Crippen molar-refractivity contribution in [2.24, 2.45) is 0 Å². The molecule has 0 unspecified atom stereocenters. The third-order valence-electron chi connectivity index (χ3n) is 6.50. The van der Waals surface area contributed by atoms with E-state index in [1.807, 2.05) is 21.2 Å². The summed E-state index contributed by atoms with van der Waals surface area (Å²) in [6.07, 6.45) is 3.13. The van der Waals surface area contributed by atoms with E-state index in [2.05, 4.69) is 25.3 Å². The topological polar surface area (TPSA) is 171 Å². The zero-order chi connectivity index (χ0) is 34.1. The van der Waals surface area contributed by atoms with Crippen LogP contribution in [0.15, 0.2) is 40.2 Å². The Morgan fingerprint density at radius 3 is 2.33 bits per heavy atom. The molecule has 1 amide bonds. The largest absolute Gasteiger partial charge is 0.496 e. The van der Waals surface area contributed by atoms with Gasteiger partial charge in [0.2, 0.25) is 5.91 Å². The number of nitrogens with one attached hydrogen (secondary N) is 1. The number of aryl methyl sites for hydroxylation is 3. The summed E-state index contributed by atoms with van der Waals surface area (Å²) in [4.78, 5) is 52.1. The third-order valence-corrected chi connectivity index (χ3v) is 7.78. The van der Waals surface area contributed by atoms with Crippen LogP contribution in [0, 0.1) is 12.7 Å². The Hall–Kier alpha value is -3.29. The molecule has 0 radical (unpaired) electrons. The van der Waals surface area contributed by atoms with Crippen LogP contribution < -0.4 is 21.3 Å². The van der Waals surface area contributed by atoms with Crippen LogP contribution in [0.3, 0.4) is 0 Å². The molecule has 0 spiro atoms. The Morgan fingerprint density at radius 2 is 1.82 bits per heavy atom. The van der Waals surface area contributed by atoms with Crippen molar-refractivity contribution in [3.63, 3.8) is 0 Å². The first-order chi connectivity index (χ1) is 21.2. The van der Waals surface area contributed by atoms with Gasteiger partial charge in [0.15, 0.2) is 0 Å². The van der Waals surface area contributed by atoms with Crippen molar-refractivity contribution in [1.82, 2.24) is 29.4 Å². The number of aromatic nitrogens is 5. The molecule has 45 heavy (non-hydrogen) atoms. The van der Waals surface area contributed by atoms with Crippen LogP contribution in [0.25, 0.3) is 15.2 Å². The molecular formula is C28H36FIN6O7S2. The lowest BCUT2D eigenvalue weighted by Crippen LogP contribution is -2.56. The van der Waals surface area contributed by atoms with Crippen LogP contribution in [0.2, 0.25) is 0 Å². The summed E-state index contributed by atoms with van der Waals surface area (Å²) < 4.78 is 21.8. The fourth-order valence-corrected chi connectivity index (χ4v) is 5.58. The van der Waals surface area contributed by atoms with Gasteiger partial charge in [0.05, 0.1) is 37.9 Å². The number of methoxy groups -OCH3 is 1. The van der Waals surface area contributed by atoms with Crippen LogP contribution in [-0.4, -0.2) is 66.0 Å². The number of rotatable bonds is 10. The summed E-state index contributed by atoms with van der Waals surface area (Å²) in [5.74, 6) is -1.36. The summed E-state index contributed by atoms with van der Waals surface area (Å²) in [5.41, 5.74) is -1.54. The molecule has 4 rings (SSSR count). The summed E-state index contributed by atoms with van der Waals surface area (Å²) in [7, 11) is 4.99. The van der Waals surface area contributed by atoms with E-state index in [0.717, 1.165) is 4.57 Å². The number of carbonyl (C=O) groups excluding carboxylic acids is 1. The molecule has 13 nitrogen and oxygen atoms in total. The molecule has 0 aliphatic carbocycles. The number of amides is 1. The van der Waals surface area contributed by atoms with E-state index in [1.165, 1.54) is 72.3 Å². The Morgan fingerprint density at radius 1 is 1.20 bits per heavy atom. The number of fused-ring (bicyclic) bond motifs is 1. The van der Waals surface area contributed by atoms with E-state index in [0.29, 0.717) is 32.1 Å². The maximum absolute atomic E-state index is 14.0. The van der Waals surface area contributed by atoms with Crippen molar-refractivity contribution < 1.29 is 28.9 Å². The van der Waals surface area contributed by atoms with Gasteiger partial charge in [0.25, 0.3) is 5.56 Å². The highest BCUT2D eigenvalue weighted by atomic mass is 127. The third kappa shape index (κ3) is 8.92. The smallest absolute Gasteiger partial charge is 0.333 e. The molecular weight excluding hydrogens is 742 g/mol. The Bertz CT molecular complexity index is 1740. The van der Waals surface area contributed by atoms with Gasteiger partial charge in [0, 0.05) is 18.2 Å². The summed E-state index contributed by atoms with van der Waals surface area (Å²) in [5, 5.41) is 27.6. The Labute approximate surface area is 280 Å². The molecule has 0 saturated carbocycles. The summed E-state index contributed by atoms with van der Waals surface area (Å²) in [6, 6.07) is 4.00. The number of nitrogens with zero attached hydrogens (tertiary/aromatic N) is 5. The number of thiophene rings is 1. The number of aliphatic carboxylic acids is 1.